The molecule has 6 nitrogen and oxygen atoms in total. The third-order valence-corrected chi connectivity index (χ3v) is 4.30. The molecule has 24 heavy (non-hydrogen) atoms. The van der Waals surface area contributed by atoms with Crippen molar-refractivity contribution in [2.75, 3.05) is 25.0 Å². The smallest absolute Gasteiger partial charge is 0.237 e. The van der Waals surface area contributed by atoms with Gasteiger partial charge in [0.15, 0.2) is 0 Å². The molecule has 6 heteroatoms. The van der Waals surface area contributed by atoms with Crippen LogP contribution in [-0.4, -0.2) is 47.4 Å². The van der Waals surface area contributed by atoms with E-state index in [1.807, 2.05) is 0 Å². The van der Waals surface area contributed by atoms with Crippen molar-refractivity contribution in [3.05, 3.63) is 24.5 Å². The Morgan fingerprint density at radius 2 is 1.83 bits per heavy atom. The number of rotatable bonds is 7. The average Bonchev–Trinajstić information content (AvgIpc) is 2.56. The first kappa shape index (κ1) is 18.4. The molecule has 1 aliphatic heterocycles. The lowest BCUT2D eigenvalue weighted by Gasteiger charge is -2.35. The molecule has 0 spiro atoms. The Morgan fingerprint density at radius 3 is 2.46 bits per heavy atom. The van der Waals surface area contributed by atoms with E-state index in [0.29, 0.717) is 6.54 Å². The molecule has 0 aromatic carbocycles. The highest BCUT2D eigenvalue weighted by atomic mass is 16.2. The summed E-state index contributed by atoms with van der Waals surface area (Å²) in [5, 5.41) is 5.71. The van der Waals surface area contributed by atoms with Gasteiger partial charge < -0.3 is 10.6 Å². The zero-order chi connectivity index (χ0) is 17.4. The molecule has 1 saturated heterocycles. The van der Waals surface area contributed by atoms with Crippen molar-refractivity contribution >= 4 is 17.5 Å². The first-order valence-electron chi connectivity index (χ1n) is 8.79. The van der Waals surface area contributed by atoms with Gasteiger partial charge in [0.25, 0.3) is 0 Å². The Morgan fingerprint density at radius 1 is 1.17 bits per heavy atom. The zero-order valence-corrected chi connectivity index (χ0v) is 14.6. The number of nitrogens with one attached hydrogen (secondary N) is 2. The molecule has 1 atom stereocenters. The van der Waals surface area contributed by atoms with E-state index in [1.165, 1.54) is 6.42 Å². The van der Waals surface area contributed by atoms with Crippen LogP contribution in [0, 0.1) is 5.92 Å². The topological polar surface area (TPSA) is 74.3 Å². The maximum atomic E-state index is 12.5. The van der Waals surface area contributed by atoms with Crippen molar-refractivity contribution in [3.8, 4) is 0 Å². The van der Waals surface area contributed by atoms with E-state index in [1.54, 1.807) is 24.5 Å². The summed E-state index contributed by atoms with van der Waals surface area (Å²) in [6, 6.07) is 3.37. The molecule has 2 rings (SSSR count). The SMILES string of the molecule is CC(C)[C@@H](C(=O)NCCC(=O)Nc1ccncc1)N1CCCCC1. The maximum Gasteiger partial charge on any atom is 0.237 e. The van der Waals surface area contributed by atoms with E-state index in [9.17, 15) is 9.59 Å². The van der Waals surface area contributed by atoms with Gasteiger partial charge in [0.05, 0.1) is 6.04 Å². The molecule has 2 heterocycles. The molecule has 1 fully saturated rings. The molecule has 132 valence electrons. The van der Waals surface area contributed by atoms with Gasteiger partial charge in [-0.3, -0.25) is 19.5 Å². The summed E-state index contributed by atoms with van der Waals surface area (Å²) in [7, 11) is 0. The lowest BCUT2D eigenvalue weighted by molar-refractivity contribution is -0.128. The quantitative estimate of drug-likeness (QED) is 0.801. The van der Waals surface area contributed by atoms with Crippen LogP contribution in [0.25, 0.3) is 0 Å². The van der Waals surface area contributed by atoms with Crippen molar-refractivity contribution in [1.82, 2.24) is 15.2 Å². The van der Waals surface area contributed by atoms with Crippen LogP contribution in [0.15, 0.2) is 24.5 Å². The van der Waals surface area contributed by atoms with Gasteiger partial charge in [-0.1, -0.05) is 20.3 Å². The predicted octanol–water partition coefficient (Wildman–Crippen LogP) is 2.04. The Labute approximate surface area is 144 Å². The largest absolute Gasteiger partial charge is 0.354 e. The standard InChI is InChI=1S/C18H28N4O2/c1-14(2)17(22-12-4-3-5-13-22)18(24)20-11-8-16(23)21-15-6-9-19-10-7-15/h6-7,9-10,14,17H,3-5,8,11-13H2,1-2H3,(H,20,24)(H,19,21,23)/t17-/m0/s1. The number of pyridine rings is 1. The van der Waals surface area contributed by atoms with Crippen molar-refractivity contribution in [2.24, 2.45) is 5.92 Å². The number of hydrogen-bond acceptors (Lipinski definition) is 4. The van der Waals surface area contributed by atoms with E-state index in [-0.39, 0.29) is 30.2 Å². The lowest BCUT2D eigenvalue weighted by atomic mass is 9.98. The van der Waals surface area contributed by atoms with Crippen molar-refractivity contribution in [1.29, 1.82) is 0 Å². The number of hydrogen-bond donors (Lipinski definition) is 2. The second-order valence-electron chi connectivity index (χ2n) is 6.61. The third-order valence-electron chi connectivity index (χ3n) is 4.30. The highest BCUT2D eigenvalue weighted by molar-refractivity contribution is 5.91. The molecule has 0 radical (unpaired) electrons. The molecule has 1 aliphatic rings. The molecule has 1 aromatic heterocycles. The summed E-state index contributed by atoms with van der Waals surface area (Å²) < 4.78 is 0. The molecule has 0 aliphatic carbocycles. The zero-order valence-electron chi connectivity index (χ0n) is 14.6. The average molecular weight is 332 g/mol. The molecular weight excluding hydrogens is 304 g/mol. The van der Waals surface area contributed by atoms with E-state index in [4.69, 9.17) is 0 Å². The number of nitrogens with zero attached hydrogens (tertiary/aromatic N) is 2. The van der Waals surface area contributed by atoms with Gasteiger partial charge in [-0.25, -0.2) is 0 Å². The lowest BCUT2D eigenvalue weighted by Crippen LogP contribution is -2.51. The monoisotopic (exact) mass is 332 g/mol. The highest BCUT2D eigenvalue weighted by Crippen LogP contribution is 2.17. The minimum atomic E-state index is -0.111. The van der Waals surface area contributed by atoms with Crippen molar-refractivity contribution < 1.29 is 9.59 Å². The highest BCUT2D eigenvalue weighted by Gasteiger charge is 2.29. The number of carbonyl (C=O) groups is 2. The molecule has 0 unspecified atom stereocenters. The first-order chi connectivity index (χ1) is 11.6. The number of likely N-dealkylation sites (tertiary alicyclic amines) is 1. The van der Waals surface area contributed by atoms with E-state index < -0.39 is 0 Å². The summed E-state index contributed by atoms with van der Waals surface area (Å²) in [5.74, 6) is 0.179. The second kappa shape index (κ2) is 9.37. The van der Waals surface area contributed by atoms with Crippen LogP contribution in [0.3, 0.4) is 0 Å². The summed E-state index contributed by atoms with van der Waals surface area (Å²) in [6.07, 6.45) is 7.08. The maximum absolute atomic E-state index is 12.5. The first-order valence-corrected chi connectivity index (χ1v) is 8.79. The van der Waals surface area contributed by atoms with Crippen molar-refractivity contribution in [3.63, 3.8) is 0 Å². The van der Waals surface area contributed by atoms with Crippen LogP contribution >= 0.6 is 0 Å². The number of carbonyl (C=O) groups excluding carboxylic acids is 2. The number of aromatic nitrogens is 1. The van der Waals surface area contributed by atoms with E-state index >= 15 is 0 Å². The Bertz CT molecular complexity index is 527. The molecule has 0 saturated carbocycles. The summed E-state index contributed by atoms with van der Waals surface area (Å²) in [6.45, 7) is 6.48. The van der Waals surface area contributed by atoms with Gasteiger partial charge in [-0.05, 0) is 44.0 Å². The van der Waals surface area contributed by atoms with Gasteiger partial charge in [0.1, 0.15) is 0 Å². The van der Waals surface area contributed by atoms with Gasteiger partial charge in [-0.2, -0.15) is 0 Å². The Kier molecular flexibility index (Phi) is 7.18. The Balaban J connectivity index is 1.77. The third kappa shape index (κ3) is 5.60. The van der Waals surface area contributed by atoms with Crippen LogP contribution in [-0.2, 0) is 9.59 Å². The summed E-state index contributed by atoms with van der Waals surface area (Å²) >= 11 is 0. The fraction of sp³-hybridized carbons (Fsp3) is 0.611. The van der Waals surface area contributed by atoms with Crippen LogP contribution in [0.1, 0.15) is 39.5 Å². The van der Waals surface area contributed by atoms with Gasteiger partial charge in [0.2, 0.25) is 11.8 Å². The minimum Gasteiger partial charge on any atom is -0.354 e. The fourth-order valence-corrected chi connectivity index (χ4v) is 3.15. The minimum absolute atomic E-state index is 0.0311. The van der Waals surface area contributed by atoms with Crippen LogP contribution in [0.5, 0.6) is 0 Å². The molecule has 2 N–H and O–H groups in total. The molecule has 2 amide bonds. The summed E-state index contributed by atoms with van der Waals surface area (Å²) in [5.41, 5.74) is 0.717. The Hall–Kier alpha value is -1.95. The van der Waals surface area contributed by atoms with Crippen LogP contribution in [0.2, 0.25) is 0 Å². The van der Waals surface area contributed by atoms with Crippen molar-refractivity contribution in [2.45, 2.75) is 45.6 Å². The summed E-state index contributed by atoms with van der Waals surface area (Å²) in [4.78, 5) is 30.6. The molecule has 1 aromatic rings. The number of amides is 2. The van der Waals surface area contributed by atoms with Gasteiger partial charge >= 0.3 is 0 Å². The molecular formula is C18H28N4O2. The predicted molar refractivity (Wildman–Crippen MR) is 94.5 cm³/mol. The van der Waals surface area contributed by atoms with Crippen LogP contribution in [0.4, 0.5) is 5.69 Å². The van der Waals surface area contributed by atoms with Crippen LogP contribution < -0.4 is 10.6 Å². The van der Waals surface area contributed by atoms with Gasteiger partial charge in [-0.15, -0.1) is 0 Å². The number of anilines is 1. The van der Waals surface area contributed by atoms with Gasteiger partial charge in [0, 0.05) is 31.0 Å². The molecule has 0 bridgehead atoms. The number of piperidine rings is 1. The fourth-order valence-electron chi connectivity index (χ4n) is 3.15. The van der Waals surface area contributed by atoms with E-state index in [2.05, 4.69) is 34.4 Å². The normalized spacial score (nSPS) is 16.6. The second-order valence-corrected chi connectivity index (χ2v) is 6.61. The van der Waals surface area contributed by atoms with E-state index in [0.717, 1.165) is 31.6 Å².